The monoisotopic (exact) mass is 162 g/mol. The molecule has 2 amide bonds. The molecule has 1 heterocycles. The van der Waals surface area contributed by atoms with Crippen LogP contribution in [0.25, 0.3) is 0 Å². The topological polar surface area (TPSA) is 91.8 Å². The molecule has 0 aliphatic heterocycles. The van der Waals surface area contributed by atoms with Crippen molar-refractivity contribution in [1.29, 1.82) is 5.26 Å². The molecule has 0 atom stereocenters. The van der Waals surface area contributed by atoms with Gasteiger partial charge in [0.15, 0.2) is 0 Å². The van der Waals surface area contributed by atoms with Gasteiger partial charge in [-0.15, -0.1) is 0 Å². The van der Waals surface area contributed by atoms with E-state index in [1.807, 2.05) is 6.07 Å². The molecule has 0 spiro atoms. The minimum Gasteiger partial charge on any atom is -0.351 e. The number of pyridine rings is 1. The van der Waals surface area contributed by atoms with Gasteiger partial charge in [0.05, 0.1) is 17.4 Å². The quantitative estimate of drug-likeness (QED) is 0.627. The van der Waals surface area contributed by atoms with Gasteiger partial charge in [0.2, 0.25) is 0 Å². The number of anilines is 1. The van der Waals surface area contributed by atoms with Crippen LogP contribution in [0.2, 0.25) is 0 Å². The van der Waals surface area contributed by atoms with Crippen molar-refractivity contribution in [2.45, 2.75) is 0 Å². The van der Waals surface area contributed by atoms with Gasteiger partial charge in [-0.2, -0.15) is 5.26 Å². The van der Waals surface area contributed by atoms with Gasteiger partial charge in [0.25, 0.3) is 0 Å². The molecule has 60 valence electrons. The van der Waals surface area contributed by atoms with Crippen molar-refractivity contribution >= 4 is 11.7 Å². The zero-order chi connectivity index (χ0) is 8.97. The summed E-state index contributed by atoms with van der Waals surface area (Å²) in [7, 11) is 0. The van der Waals surface area contributed by atoms with E-state index in [0.717, 1.165) is 0 Å². The van der Waals surface area contributed by atoms with E-state index in [0.29, 0.717) is 11.3 Å². The lowest BCUT2D eigenvalue weighted by molar-refractivity contribution is 0.259. The molecule has 0 aliphatic carbocycles. The van der Waals surface area contributed by atoms with E-state index in [4.69, 9.17) is 11.0 Å². The first-order chi connectivity index (χ1) is 5.72. The van der Waals surface area contributed by atoms with Crippen molar-refractivity contribution in [2.24, 2.45) is 5.73 Å². The summed E-state index contributed by atoms with van der Waals surface area (Å²) in [4.78, 5) is 14.1. The van der Waals surface area contributed by atoms with Crippen LogP contribution < -0.4 is 11.1 Å². The Bertz CT molecular complexity index is 342. The number of aromatic nitrogens is 1. The number of amides is 2. The smallest absolute Gasteiger partial charge is 0.316 e. The number of urea groups is 1. The molecule has 0 aromatic carbocycles. The normalized spacial score (nSPS) is 8.58. The average Bonchev–Trinajstić information content (AvgIpc) is 2.03. The summed E-state index contributed by atoms with van der Waals surface area (Å²) in [6.45, 7) is 0. The average molecular weight is 162 g/mol. The first-order valence-electron chi connectivity index (χ1n) is 3.14. The summed E-state index contributed by atoms with van der Waals surface area (Å²) in [6, 6.07) is 2.70. The van der Waals surface area contributed by atoms with Crippen molar-refractivity contribution in [3.8, 4) is 6.07 Å². The fourth-order valence-corrected chi connectivity index (χ4v) is 0.712. The number of primary amides is 1. The van der Waals surface area contributed by atoms with Crippen LogP contribution in [0.1, 0.15) is 5.56 Å². The molecule has 0 radical (unpaired) electrons. The molecule has 5 heteroatoms. The van der Waals surface area contributed by atoms with Gasteiger partial charge >= 0.3 is 6.03 Å². The highest BCUT2D eigenvalue weighted by atomic mass is 16.2. The number of rotatable bonds is 1. The Morgan fingerprint density at radius 3 is 3.00 bits per heavy atom. The van der Waals surface area contributed by atoms with Gasteiger partial charge in [-0.05, 0) is 6.07 Å². The van der Waals surface area contributed by atoms with Crippen molar-refractivity contribution in [3.63, 3.8) is 0 Å². The number of hydrogen-bond acceptors (Lipinski definition) is 3. The third-order valence-electron chi connectivity index (χ3n) is 1.13. The van der Waals surface area contributed by atoms with Crippen LogP contribution in [-0.4, -0.2) is 11.0 Å². The van der Waals surface area contributed by atoms with Crippen LogP contribution in [0.3, 0.4) is 0 Å². The van der Waals surface area contributed by atoms with Crippen molar-refractivity contribution in [1.82, 2.24) is 4.98 Å². The largest absolute Gasteiger partial charge is 0.351 e. The summed E-state index contributed by atoms with van der Waals surface area (Å²) in [6.07, 6.45) is 2.80. The van der Waals surface area contributed by atoms with Crippen LogP contribution in [0.15, 0.2) is 18.5 Å². The molecule has 0 saturated heterocycles. The molecule has 0 bridgehead atoms. The van der Waals surface area contributed by atoms with E-state index in [-0.39, 0.29) is 0 Å². The van der Waals surface area contributed by atoms with E-state index in [1.54, 1.807) is 0 Å². The van der Waals surface area contributed by atoms with Crippen LogP contribution >= 0.6 is 0 Å². The number of hydrogen-bond donors (Lipinski definition) is 2. The number of nitrogens with zero attached hydrogens (tertiary/aromatic N) is 2. The van der Waals surface area contributed by atoms with Gasteiger partial charge in [0.1, 0.15) is 6.07 Å². The summed E-state index contributed by atoms with van der Waals surface area (Å²) in [5.74, 6) is 0. The zero-order valence-corrected chi connectivity index (χ0v) is 6.11. The standard InChI is InChI=1S/C7H6N4O/c8-2-5-1-6(4-10-3-5)11-7(9)12/h1,3-4H,(H3,9,11,12). The number of carbonyl (C=O) groups excluding carboxylic acids is 1. The lowest BCUT2D eigenvalue weighted by atomic mass is 10.3. The Morgan fingerprint density at radius 1 is 1.67 bits per heavy atom. The maximum absolute atomic E-state index is 10.4. The number of nitrogens with one attached hydrogen (secondary N) is 1. The summed E-state index contributed by atoms with van der Waals surface area (Å²) >= 11 is 0. The highest BCUT2D eigenvalue weighted by Gasteiger charge is 1.97. The highest BCUT2D eigenvalue weighted by molar-refractivity contribution is 5.87. The third kappa shape index (κ3) is 1.95. The molecule has 0 saturated carbocycles. The van der Waals surface area contributed by atoms with Crippen LogP contribution in [0, 0.1) is 11.3 Å². The van der Waals surface area contributed by atoms with Crippen molar-refractivity contribution in [2.75, 3.05) is 5.32 Å². The molecule has 0 fully saturated rings. The predicted octanol–water partition coefficient (Wildman–Crippen LogP) is 0.444. The molecule has 0 unspecified atom stereocenters. The molecule has 5 nitrogen and oxygen atoms in total. The van der Waals surface area contributed by atoms with Crippen molar-refractivity contribution < 1.29 is 4.79 Å². The second-order valence-corrected chi connectivity index (χ2v) is 2.06. The SMILES string of the molecule is N#Cc1cncc(NC(N)=O)c1. The Balaban J connectivity index is 2.88. The molecule has 12 heavy (non-hydrogen) atoms. The summed E-state index contributed by atoms with van der Waals surface area (Å²) in [5.41, 5.74) is 5.65. The Hall–Kier alpha value is -2.09. The Morgan fingerprint density at radius 2 is 2.42 bits per heavy atom. The molecule has 1 aromatic rings. The van der Waals surface area contributed by atoms with E-state index < -0.39 is 6.03 Å². The fraction of sp³-hybridized carbons (Fsp3) is 0. The van der Waals surface area contributed by atoms with Crippen LogP contribution in [0.5, 0.6) is 0 Å². The van der Waals surface area contributed by atoms with E-state index in [1.165, 1.54) is 18.5 Å². The lowest BCUT2D eigenvalue weighted by Gasteiger charge is -1.99. The lowest BCUT2D eigenvalue weighted by Crippen LogP contribution is -2.19. The van der Waals surface area contributed by atoms with Gasteiger partial charge in [-0.1, -0.05) is 0 Å². The first kappa shape index (κ1) is 8.01. The highest BCUT2D eigenvalue weighted by Crippen LogP contribution is 2.06. The molecular weight excluding hydrogens is 156 g/mol. The number of nitriles is 1. The second-order valence-electron chi connectivity index (χ2n) is 2.06. The van der Waals surface area contributed by atoms with Gasteiger partial charge in [-0.25, -0.2) is 4.79 Å². The second kappa shape index (κ2) is 3.34. The summed E-state index contributed by atoms with van der Waals surface area (Å²) < 4.78 is 0. The van der Waals surface area contributed by atoms with Gasteiger partial charge in [0, 0.05) is 6.20 Å². The number of carbonyl (C=O) groups is 1. The van der Waals surface area contributed by atoms with Gasteiger partial charge < -0.3 is 11.1 Å². The van der Waals surface area contributed by atoms with Crippen LogP contribution in [0.4, 0.5) is 10.5 Å². The maximum Gasteiger partial charge on any atom is 0.316 e. The molecule has 3 N–H and O–H groups in total. The number of nitrogens with two attached hydrogens (primary N) is 1. The molecule has 1 aromatic heterocycles. The van der Waals surface area contributed by atoms with Crippen molar-refractivity contribution in [3.05, 3.63) is 24.0 Å². The van der Waals surface area contributed by atoms with E-state index in [9.17, 15) is 4.79 Å². The minimum absolute atomic E-state index is 0.376. The van der Waals surface area contributed by atoms with E-state index >= 15 is 0 Å². The zero-order valence-electron chi connectivity index (χ0n) is 6.11. The first-order valence-corrected chi connectivity index (χ1v) is 3.14. The Labute approximate surface area is 68.8 Å². The summed E-state index contributed by atoms with van der Waals surface area (Å²) in [5, 5.41) is 10.8. The molecule has 1 rings (SSSR count). The predicted molar refractivity (Wildman–Crippen MR) is 42.2 cm³/mol. The third-order valence-corrected chi connectivity index (χ3v) is 1.13. The minimum atomic E-state index is -0.674. The maximum atomic E-state index is 10.4. The molecule has 0 aliphatic rings. The molecular formula is C7H6N4O. The van der Waals surface area contributed by atoms with E-state index in [2.05, 4.69) is 10.3 Å². The van der Waals surface area contributed by atoms with Gasteiger partial charge in [-0.3, -0.25) is 4.98 Å². The van der Waals surface area contributed by atoms with Crippen LogP contribution in [-0.2, 0) is 0 Å². The fourth-order valence-electron chi connectivity index (χ4n) is 0.712. The Kier molecular flexibility index (Phi) is 2.23.